The summed E-state index contributed by atoms with van der Waals surface area (Å²) < 4.78 is 40.3. The van der Waals surface area contributed by atoms with Crippen LogP contribution in [0.25, 0.3) is 22.3 Å². The van der Waals surface area contributed by atoms with E-state index < -0.39 is 29.4 Å². The summed E-state index contributed by atoms with van der Waals surface area (Å²) in [6.07, 6.45) is 6.37. The number of piperidine rings is 2. The predicted molar refractivity (Wildman–Crippen MR) is 221 cm³/mol. The molecule has 2 N–H and O–H groups in total. The number of hydrogen-bond donors (Lipinski definition) is 2. The molecule has 0 aliphatic carbocycles. The van der Waals surface area contributed by atoms with Gasteiger partial charge in [-0.25, -0.2) is 18.4 Å². The van der Waals surface area contributed by atoms with Crippen LogP contribution in [0.1, 0.15) is 84.1 Å². The summed E-state index contributed by atoms with van der Waals surface area (Å²) in [4.78, 5) is 52.1. The molecule has 3 amide bonds. The fourth-order valence-electron chi connectivity index (χ4n) is 9.63. The monoisotopic (exact) mass is 819 g/mol. The van der Waals surface area contributed by atoms with E-state index in [0.29, 0.717) is 66.4 Å². The number of carbonyl (C=O) groups excluding carboxylic acids is 3. The highest BCUT2D eigenvalue weighted by atomic mass is 19.1. The minimum atomic E-state index is -0.991. The lowest BCUT2D eigenvalue weighted by atomic mass is 9.72. The van der Waals surface area contributed by atoms with Crippen molar-refractivity contribution < 1.29 is 27.9 Å². The maximum absolute atomic E-state index is 15.1. The van der Waals surface area contributed by atoms with Gasteiger partial charge >= 0.3 is 0 Å². The molecule has 3 aromatic heterocycles. The maximum atomic E-state index is 15.1. The van der Waals surface area contributed by atoms with E-state index in [1.165, 1.54) is 17.7 Å². The zero-order chi connectivity index (χ0) is 41.7. The third kappa shape index (κ3) is 8.04. The van der Waals surface area contributed by atoms with Crippen molar-refractivity contribution in [3.63, 3.8) is 0 Å². The van der Waals surface area contributed by atoms with Crippen LogP contribution in [-0.4, -0.2) is 91.2 Å². The number of aromatic nitrogens is 5. The second-order valence-electron chi connectivity index (χ2n) is 17.5. The van der Waals surface area contributed by atoms with Crippen molar-refractivity contribution in [2.45, 2.75) is 77.8 Å². The van der Waals surface area contributed by atoms with Gasteiger partial charge in [-0.2, -0.15) is 5.10 Å². The number of hydrogen-bond acceptors (Lipinski definition) is 9. The number of aryl methyl sites for hydroxylation is 2. The van der Waals surface area contributed by atoms with Crippen molar-refractivity contribution in [2.24, 2.45) is 18.4 Å². The van der Waals surface area contributed by atoms with Crippen molar-refractivity contribution in [3.05, 3.63) is 88.2 Å². The van der Waals surface area contributed by atoms with Gasteiger partial charge in [-0.05, 0) is 117 Å². The van der Waals surface area contributed by atoms with Crippen LogP contribution < -0.4 is 15.4 Å². The van der Waals surface area contributed by atoms with Crippen molar-refractivity contribution in [1.82, 2.24) is 39.4 Å². The second kappa shape index (κ2) is 16.1. The van der Waals surface area contributed by atoms with Gasteiger partial charge in [-0.15, -0.1) is 0 Å². The van der Waals surface area contributed by atoms with E-state index in [0.717, 1.165) is 75.0 Å². The summed E-state index contributed by atoms with van der Waals surface area (Å²) in [5.74, 6) is -2.31. The molecular formula is C45H51F2N9O4. The average molecular weight is 820 g/mol. The number of benzene rings is 2. The van der Waals surface area contributed by atoms with Crippen LogP contribution in [0.5, 0.6) is 5.88 Å². The predicted octanol–water partition coefficient (Wildman–Crippen LogP) is 6.14. The van der Waals surface area contributed by atoms with E-state index in [1.54, 1.807) is 23.0 Å². The smallest absolute Gasteiger partial charge is 0.258 e. The zero-order valence-corrected chi connectivity index (χ0v) is 34.4. The molecule has 314 valence electrons. The van der Waals surface area contributed by atoms with Crippen LogP contribution in [-0.2, 0) is 36.1 Å². The molecule has 7 heterocycles. The van der Waals surface area contributed by atoms with Crippen molar-refractivity contribution in [3.8, 4) is 17.1 Å². The Balaban J connectivity index is 0.832. The van der Waals surface area contributed by atoms with Crippen molar-refractivity contribution in [1.29, 1.82) is 0 Å². The molecule has 4 aliphatic heterocycles. The molecule has 15 heteroatoms. The zero-order valence-electron chi connectivity index (χ0n) is 34.4. The molecule has 60 heavy (non-hydrogen) atoms. The molecule has 2 atom stereocenters. The summed E-state index contributed by atoms with van der Waals surface area (Å²) in [5, 5.41) is 9.73. The van der Waals surface area contributed by atoms with Crippen LogP contribution in [0, 0.1) is 29.9 Å². The highest BCUT2D eigenvalue weighted by molar-refractivity contribution is 6.05. The number of pyridine rings is 1. The number of likely N-dealkylation sites (tertiary alicyclic amines) is 2. The Bertz CT molecular complexity index is 2460. The van der Waals surface area contributed by atoms with Gasteiger partial charge in [0.15, 0.2) is 0 Å². The van der Waals surface area contributed by atoms with Gasteiger partial charge < -0.3 is 14.2 Å². The van der Waals surface area contributed by atoms with E-state index in [-0.39, 0.29) is 29.7 Å². The number of rotatable bonds is 6. The van der Waals surface area contributed by atoms with Crippen LogP contribution >= 0.6 is 0 Å². The van der Waals surface area contributed by atoms with Gasteiger partial charge in [-0.3, -0.25) is 34.9 Å². The Morgan fingerprint density at radius 3 is 2.48 bits per heavy atom. The molecule has 0 radical (unpaired) electrons. The summed E-state index contributed by atoms with van der Waals surface area (Å²) in [6, 6.07) is 12.7. The van der Waals surface area contributed by atoms with E-state index >= 15 is 8.78 Å². The Labute approximate surface area is 347 Å². The Hall–Kier alpha value is -5.54. The number of carbonyl (C=O) groups is 3. The Morgan fingerprint density at radius 2 is 1.72 bits per heavy atom. The van der Waals surface area contributed by atoms with Crippen LogP contribution in [0.2, 0.25) is 0 Å². The first-order chi connectivity index (χ1) is 28.9. The van der Waals surface area contributed by atoms with E-state index in [1.807, 2.05) is 14.0 Å². The number of halogens is 2. The lowest BCUT2D eigenvalue weighted by Gasteiger charge is -2.54. The van der Waals surface area contributed by atoms with E-state index in [9.17, 15) is 14.4 Å². The first-order valence-electron chi connectivity index (χ1n) is 21.1. The number of nitrogens with zero attached hydrogens (tertiary/aromatic N) is 7. The van der Waals surface area contributed by atoms with Crippen LogP contribution in [0.4, 0.5) is 14.7 Å². The SMILES string of the molecule is Cc1cc2cc(n1)-c1cnn(C)c1OCCC[C@@H](C)Cn1c(nc3ccc(CN4CCC5(CC4)CN(CCc4cc(F)c([C@H]6CCC(=O)NC6=O)c(F)c4)C5)cc31)NC2=O. The fraction of sp³-hybridized carbons (Fsp3) is 0.467. The van der Waals surface area contributed by atoms with Gasteiger partial charge in [-0.1, -0.05) is 13.0 Å². The molecule has 5 aromatic rings. The molecule has 2 aromatic carbocycles. The Kier molecular flexibility index (Phi) is 10.7. The summed E-state index contributed by atoms with van der Waals surface area (Å²) in [6.45, 7) is 10.7. The quantitative estimate of drug-likeness (QED) is 0.194. The lowest BCUT2D eigenvalue weighted by Crippen LogP contribution is -2.60. The number of imide groups is 1. The van der Waals surface area contributed by atoms with Gasteiger partial charge in [0, 0.05) is 63.0 Å². The second-order valence-corrected chi connectivity index (χ2v) is 17.5. The molecule has 4 aliphatic rings. The minimum absolute atomic E-state index is 0.0670. The number of anilines is 1. The van der Waals surface area contributed by atoms with E-state index in [4.69, 9.17) is 14.7 Å². The first kappa shape index (κ1) is 39.9. The number of imidazole rings is 1. The topological polar surface area (TPSA) is 140 Å². The summed E-state index contributed by atoms with van der Waals surface area (Å²) >= 11 is 0. The third-order valence-corrected chi connectivity index (χ3v) is 12.9. The lowest BCUT2D eigenvalue weighted by molar-refractivity contribution is -0.134. The molecule has 13 nitrogen and oxygen atoms in total. The summed E-state index contributed by atoms with van der Waals surface area (Å²) in [7, 11) is 1.85. The largest absolute Gasteiger partial charge is 0.477 e. The normalized spacial score (nSPS) is 21.3. The molecule has 0 saturated carbocycles. The van der Waals surface area contributed by atoms with Crippen LogP contribution in [0.3, 0.4) is 0 Å². The maximum Gasteiger partial charge on any atom is 0.258 e. The van der Waals surface area contributed by atoms with Crippen molar-refractivity contribution >= 4 is 34.7 Å². The third-order valence-electron chi connectivity index (χ3n) is 12.9. The Morgan fingerprint density at radius 1 is 0.933 bits per heavy atom. The number of amides is 3. The molecule has 2 bridgehead atoms. The molecule has 1 spiro atoms. The molecule has 0 unspecified atom stereocenters. The first-order valence-corrected chi connectivity index (χ1v) is 21.1. The average Bonchev–Trinajstić information content (AvgIpc) is 3.73. The number of nitrogens with one attached hydrogen (secondary N) is 2. The van der Waals surface area contributed by atoms with Gasteiger partial charge in [0.2, 0.25) is 23.6 Å². The highest BCUT2D eigenvalue weighted by Gasteiger charge is 2.44. The standard InChI is InChI=1S/C45H51F2N9O4/c1-27-5-4-16-60-43-33(22-48-53(43)3)37-21-31(17-28(2)49-37)41(58)52-44-50-36-8-6-30(20-38(36)56(44)23-27)24-54-14-11-45(12-15-54)25-55(26-45)13-10-29-18-34(46)40(35(47)19-29)32-7-9-39(57)51-42(32)59/h6,8,17-22,27,32H,4-5,7,9-16,23-26H2,1-3H3,(H,50,52,58)(H,51,57,59)/t27-,32-/m1/s1. The number of fused-ring (bicyclic) bond motifs is 7. The number of ether oxygens (including phenoxy) is 1. The molecule has 3 saturated heterocycles. The highest BCUT2D eigenvalue weighted by Crippen LogP contribution is 2.41. The van der Waals surface area contributed by atoms with Crippen molar-refractivity contribution in [2.75, 3.05) is 44.6 Å². The van der Waals surface area contributed by atoms with Gasteiger partial charge in [0.25, 0.3) is 5.91 Å². The fourth-order valence-corrected chi connectivity index (χ4v) is 9.63. The van der Waals surface area contributed by atoms with Gasteiger partial charge in [0.1, 0.15) is 11.6 Å². The molecular weight excluding hydrogens is 769 g/mol. The van der Waals surface area contributed by atoms with Gasteiger partial charge in [0.05, 0.1) is 41.0 Å². The molecule has 3 fully saturated rings. The van der Waals surface area contributed by atoms with E-state index in [2.05, 4.69) is 55.2 Å². The van der Waals surface area contributed by atoms with Crippen LogP contribution in [0.15, 0.2) is 48.7 Å². The minimum Gasteiger partial charge on any atom is -0.477 e. The molecule has 9 rings (SSSR count). The summed E-state index contributed by atoms with van der Waals surface area (Å²) in [5.41, 5.74) is 6.17.